The van der Waals surface area contributed by atoms with Gasteiger partial charge in [-0.2, -0.15) is 0 Å². The van der Waals surface area contributed by atoms with Crippen LogP contribution < -0.4 is 10.6 Å². The minimum absolute atomic E-state index is 0.0118. The van der Waals surface area contributed by atoms with E-state index < -0.39 is 0 Å². The molecule has 0 heterocycles. The van der Waals surface area contributed by atoms with Crippen molar-refractivity contribution in [3.63, 3.8) is 0 Å². The van der Waals surface area contributed by atoms with E-state index in [9.17, 15) is 9.59 Å². The van der Waals surface area contributed by atoms with Crippen LogP contribution in [0.4, 0.5) is 11.4 Å². The standard InChI is InChI=1S/C20H22Cl2N2O2S/c1-3-6-19(25)23-15-7-5-8-17(12-15)27-18(4-2)20(26)24-16-10-13(21)9-14(22)11-16/h5,7-12,18H,3-4,6H2,1-2H3,(H,23,25)(H,24,26). The predicted molar refractivity (Wildman–Crippen MR) is 115 cm³/mol. The molecule has 144 valence electrons. The van der Waals surface area contributed by atoms with Gasteiger partial charge in [0.05, 0.1) is 5.25 Å². The van der Waals surface area contributed by atoms with Gasteiger partial charge in [0.15, 0.2) is 0 Å². The number of thioether (sulfide) groups is 1. The van der Waals surface area contributed by atoms with Gasteiger partial charge in [-0.25, -0.2) is 0 Å². The Balaban J connectivity index is 2.05. The van der Waals surface area contributed by atoms with Gasteiger partial charge < -0.3 is 10.6 Å². The fourth-order valence-corrected chi connectivity index (χ4v) is 3.97. The van der Waals surface area contributed by atoms with E-state index in [1.165, 1.54) is 11.8 Å². The molecule has 2 rings (SSSR count). The van der Waals surface area contributed by atoms with Crippen LogP contribution >= 0.6 is 35.0 Å². The van der Waals surface area contributed by atoms with Gasteiger partial charge >= 0.3 is 0 Å². The third-order valence-electron chi connectivity index (χ3n) is 3.67. The summed E-state index contributed by atoms with van der Waals surface area (Å²) in [6, 6.07) is 12.4. The Bertz CT molecular complexity index is 794. The third-order valence-corrected chi connectivity index (χ3v) is 5.46. The van der Waals surface area contributed by atoms with E-state index in [-0.39, 0.29) is 17.1 Å². The molecule has 2 amide bonds. The van der Waals surface area contributed by atoms with Crippen molar-refractivity contribution in [3.05, 3.63) is 52.5 Å². The maximum absolute atomic E-state index is 12.6. The molecule has 0 saturated heterocycles. The Labute approximate surface area is 174 Å². The van der Waals surface area contributed by atoms with Gasteiger partial charge in [-0.05, 0) is 49.2 Å². The third kappa shape index (κ3) is 7.09. The average molecular weight is 425 g/mol. The molecule has 27 heavy (non-hydrogen) atoms. The second kappa shape index (κ2) is 10.6. The summed E-state index contributed by atoms with van der Waals surface area (Å²) in [5.41, 5.74) is 1.30. The number of halogens is 2. The van der Waals surface area contributed by atoms with Crippen molar-refractivity contribution in [2.75, 3.05) is 10.6 Å². The van der Waals surface area contributed by atoms with Crippen molar-refractivity contribution in [2.45, 2.75) is 43.3 Å². The van der Waals surface area contributed by atoms with Crippen molar-refractivity contribution in [1.29, 1.82) is 0 Å². The van der Waals surface area contributed by atoms with Crippen LogP contribution in [0.1, 0.15) is 33.1 Å². The zero-order valence-corrected chi connectivity index (χ0v) is 17.5. The lowest BCUT2D eigenvalue weighted by Crippen LogP contribution is -2.24. The monoisotopic (exact) mass is 424 g/mol. The Kier molecular flexibility index (Phi) is 8.48. The molecule has 1 unspecified atom stereocenters. The van der Waals surface area contributed by atoms with Gasteiger partial charge in [0.1, 0.15) is 0 Å². The molecular weight excluding hydrogens is 403 g/mol. The van der Waals surface area contributed by atoms with Crippen LogP contribution in [-0.2, 0) is 9.59 Å². The Morgan fingerprint density at radius 2 is 1.70 bits per heavy atom. The molecule has 0 bridgehead atoms. The van der Waals surface area contributed by atoms with Crippen molar-refractivity contribution >= 4 is 58.2 Å². The summed E-state index contributed by atoms with van der Waals surface area (Å²) in [6.45, 7) is 3.92. The van der Waals surface area contributed by atoms with Gasteiger partial charge in [0.25, 0.3) is 0 Å². The molecule has 2 N–H and O–H groups in total. The molecule has 1 atom stereocenters. The summed E-state index contributed by atoms with van der Waals surface area (Å²) in [5.74, 6) is -0.136. The number of hydrogen-bond donors (Lipinski definition) is 2. The van der Waals surface area contributed by atoms with E-state index in [0.29, 0.717) is 28.6 Å². The van der Waals surface area contributed by atoms with Crippen molar-refractivity contribution in [2.24, 2.45) is 0 Å². The normalized spacial score (nSPS) is 11.7. The van der Waals surface area contributed by atoms with Gasteiger partial charge in [0, 0.05) is 32.7 Å². The maximum atomic E-state index is 12.6. The van der Waals surface area contributed by atoms with Crippen molar-refractivity contribution < 1.29 is 9.59 Å². The number of hydrogen-bond acceptors (Lipinski definition) is 3. The highest BCUT2D eigenvalue weighted by Gasteiger charge is 2.18. The second-order valence-corrected chi connectivity index (χ2v) is 8.14. The first-order valence-electron chi connectivity index (χ1n) is 8.74. The first-order chi connectivity index (χ1) is 12.9. The minimum atomic E-state index is -0.288. The van der Waals surface area contributed by atoms with Crippen molar-refractivity contribution in [1.82, 2.24) is 0 Å². The van der Waals surface area contributed by atoms with E-state index in [2.05, 4.69) is 10.6 Å². The SMILES string of the molecule is CCCC(=O)Nc1cccc(SC(CC)C(=O)Nc2cc(Cl)cc(Cl)c2)c1. The van der Waals surface area contributed by atoms with Gasteiger partial charge in [0.2, 0.25) is 11.8 Å². The molecule has 0 saturated carbocycles. The Morgan fingerprint density at radius 1 is 1.00 bits per heavy atom. The van der Waals surface area contributed by atoms with Crippen LogP contribution in [0.5, 0.6) is 0 Å². The summed E-state index contributed by atoms with van der Waals surface area (Å²) < 4.78 is 0. The largest absolute Gasteiger partial charge is 0.326 e. The highest BCUT2D eigenvalue weighted by molar-refractivity contribution is 8.00. The van der Waals surface area contributed by atoms with Crippen LogP contribution in [-0.4, -0.2) is 17.1 Å². The highest BCUT2D eigenvalue weighted by Crippen LogP contribution is 2.29. The molecule has 7 heteroatoms. The zero-order chi connectivity index (χ0) is 19.8. The Hall–Kier alpha value is -1.69. The molecule has 2 aromatic carbocycles. The summed E-state index contributed by atoms with van der Waals surface area (Å²) in [4.78, 5) is 25.3. The number of anilines is 2. The number of rotatable bonds is 8. The van der Waals surface area contributed by atoms with Crippen LogP contribution in [0.25, 0.3) is 0 Å². The van der Waals surface area contributed by atoms with E-state index in [4.69, 9.17) is 23.2 Å². The first-order valence-corrected chi connectivity index (χ1v) is 10.4. The molecule has 2 aromatic rings. The summed E-state index contributed by atoms with van der Waals surface area (Å²) in [7, 11) is 0. The lowest BCUT2D eigenvalue weighted by atomic mass is 10.2. The van der Waals surface area contributed by atoms with E-state index in [0.717, 1.165) is 17.0 Å². The lowest BCUT2D eigenvalue weighted by Gasteiger charge is -2.16. The number of benzene rings is 2. The molecule has 4 nitrogen and oxygen atoms in total. The molecule has 0 aromatic heterocycles. The lowest BCUT2D eigenvalue weighted by molar-refractivity contribution is -0.116. The van der Waals surface area contributed by atoms with Crippen LogP contribution in [0, 0.1) is 0 Å². The summed E-state index contributed by atoms with van der Waals surface area (Å²) >= 11 is 13.4. The fourth-order valence-electron chi connectivity index (χ4n) is 2.43. The number of carbonyl (C=O) groups is 2. The molecule has 0 radical (unpaired) electrons. The van der Waals surface area contributed by atoms with Crippen LogP contribution in [0.2, 0.25) is 10.0 Å². The maximum Gasteiger partial charge on any atom is 0.237 e. The van der Waals surface area contributed by atoms with Crippen LogP contribution in [0.3, 0.4) is 0 Å². The highest BCUT2D eigenvalue weighted by atomic mass is 35.5. The number of amides is 2. The second-order valence-electron chi connectivity index (χ2n) is 5.99. The molecular formula is C20H22Cl2N2O2S. The summed E-state index contributed by atoms with van der Waals surface area (Å²) in [6.07, 6.45) is 1.93. The van der Waals surface area contributed by atoms with E-state index in [1.807, 2.05) is 38.1 Å². The quantitative estimate of drug-likeness (QED) is 0.492. The first kappa shape index (κ1) is 21.6. The molecule has 0 spiro atoms. The molecule has 0 fully saturated rings. The smallest absolute Gasteiger partial charge is 0.237 e. The average Bonchev–Trinajstić information content (AvgIpc) is 2.59. The molecule has 0 aliphatic rings. The number of nitrogens with one attached hydrogen (secondary N) is 2. The Morgan fingerprint density at radius 3 is 2.33 bits per heavy atom. The molecule has 0 aliphatic heterocycles. The predicted octanol–water partition coefficient (Wildman–Crippen LogP) is 6.24. The van der Waals surface area contributed by atoms with E-state index >= 15 is 0 Å². The van der Waals surface area contributed by atoms with Crippen molar-refractivity contribution in [3.8, 4) is 0 Å². The van der Waals surface area contributed by atoms with Gasteiger partial charge in [-0.3, -0.25) is 9.59 Å². The van der Waals surface area contributed by atoms with Gasteiger partial charge in [-0.1, -0.05) is 43.1 Å². The van der Waals surface area contributed by atoms with E-state index in [1.54, 1.807) is 18.2 Å². The van der Waals surface area contributed by atoms with Crippen LogP contribution in [0.15, 0.2) is 47.4 Å². The topological polar surface area (TPSA) is 58.2 Å². The molecule has 0 aliphatic carbocycles. The minimum Gasteiger partial charge on any atom is -0.326 e. The summed E-state index contributed by atoms with van der Waals surface area (Å²) in [5, 5.41) is 6.38. The zero-order valence-electron chi connectivity index (χ0n) is 15.2. The number of carbonyl (C=O) groups excluding carboxylic acids is 2. The van der Waals surface area contributed by atoms with Gasteiger partial charge in [-0.15, -0.1) is 11.8 Å². The fraction of sp³-hybridized carbons (Fsp3) is 0.300.